The number of nitrogens with zero attached hydrogens (tertiary/aromatic N) is 2. The van der Waals surface area contributed by atoms with Crippen LogP contribution in [0, 0.1) is 22.7 Å². The third-order valence-corrected chi connectivity index (χ3v) is 2.59. The maximum Gasteiger partial charge on any atom is 0.142 e. The van der Waals surface area contributed by atoms with Crippen LogP contribution in [0.5, 0.6) is 5.75 Å². The number of hydrogen-bond donors (Lipinski definition) is 1. The lowest BCUT2D eigenvalue weighted by molar-refractivity contribution is 0.308. The minimum Gasteiger partial charge on any atom is -0.487 e. The van der Waals surface area contributed by atoms with Crippen LogP contribution in [0.15, 0.2) is 42.5 Å². The van der Waals surface area contributed by atoms with Gasteiger partial charge in [0.1, 0.15) is 12.4 Å². The monoisotopic (exact) mass is 249 g/mol. The average molecular weight is 249 g/mol. The minimum atomic E-state index is 0.325. The number of nitrogens with two attached hydrogens (primary N) is 1. The molecule has 19 heavy (non-hydrogen) atoms. The molecule has 2 N–H and O–H groups in total. The second kappa shape index (κ2) is 5.57. The summed E-state index contributed by atoms with van der Waals surface area (Å²) >= 11 is 0. The molecule has 0 bridgehead atoms. The molecule has 0 aromatic heterocycles. The highest BCUT2D eigenvalue weighted by molar-refractivity contribution is 5.56. The SMILES string of the molecule is N#Cc1cccc(COc2ccc(C#N)cc2N)c1. The van der Waals surface area contributed by atoms with E-state index in [4.69, 9.17) is 21.0 Å². The van der Waals surface area contributed by atoms with Gasteiger partial charge in [-0.1, -0.05) is 12.1 Å². The second-order valence-corrected chi connectivity index (χ2v) is 3.97. The first kappa shape index (κ1) is 12.5. The molecule has 0 unspecified atom stereocenters. The molecule has 0 saturated heterocycles. The molecule has 0 amide bonds. The molecule has 4 nitrogen and oxygen atoms in total. The van der Waals surface area contributed by atoms with Gasteiger partial charge >= 0.3 is 0 Å². The van der Waals surface area contributed by atoms with E-state index in [0.29, 0.717) is 29.2 Å². The third-order valence-electron chi connectivity index (χ3n) is 2.59. The van der Waals surface area contributed by atoms with Crippen LogP contribution in [-0.4, -0.2) is 0 Å². The summed E-state index contributed by atoms with van der Waals surface area (Å²) in [4.78, 5) is 0. The average Bonchev–Trinajstić information content (AvgIpc) is 2.46. The van der Waals surface area contributed by atoms with Crippen LogP contribution in [0.3, 0.4) is 0 Å². The van der Waals surface area contributed by atoms with Gasteiger partial charge in [0.15, 0.2) is 0 Å². The molecule has 0 aliphatic heterocycles. The lowest BCUT2D eigenvalue weighted by Gasteiger charge is -2.09. The molecule has 0 aliphatic rings. The molecule has 2 aromatic carbocycles. The Bertz CT molecular complexity index is 681. The van der Waals surface area contributed by atoms with Gasteiger partial charge in [0, 0.05) is 0 Å². The first-order chi connectivity index (χ1) is 9.22. The number of nitrogen functional groups attached to an aromatic ring is 1. The van der Waals surface area contributed by atoms with E-state index in [-0.39, 0.29) is 0 Å². The van der Waals surface area contributed by atoms with Gasteiger partial charge in [-0.25, -0.2) is 0 Å². The number of nitriles is 2. The predicted octanol–water partition coefficient (Wildman–Crippen LogP) is 2.59. The number of anilines is 1. The number of ether oxygens (including phenoxy) is 1. The third kappa shape index (κ3) is 3.02. The smallest absolute Gasteiger partial charge is 0.142 e. The molecule has 2 aromatic rings. The standard InChI is InChI=1S/C15H11N3O/c16-8-11-2-1-3-13(6-11)10-19-15-5-4-12(9-17)7-14(15)18/h1-7H,10,18H2. The van der Waals surface area contributed by atoms with Crippen LogP contribution >= 0.6 is 0 Å². The molecule has 0 heterocycles. The van der Waals surface area contributed by atoms with E-state index in [2.05, 4.69) is 6.07 Å². The van der Waals surface area contributed by atoms with Crippen molar-refractivity contribution in [2.75, 3.05) is 5.73 Å². The maximum absolute atomic E-state index is 8.81. The van der Waals surface area contributed by atoms with Crippen LogP contribution in [0.25, 0.3) is 0 Å². The summed E-state index contributed by atoms with van der Waals surface area (Å²) in [5.74, 6) is 0.529. The van der Waals surface area contributed by atoms with Crippen molar-refractivity contribution in [3.63, 3.8) is 0 Å². The van der Waals surface area contributed by atoms with Crippen molar-refractivity contribution < 1.29 is 4.74 Å². The Labute approximate surface area is 111 Å². The van der Waals surface area contributed by atoms with Gasteiger partial charge in [-0.3, -0.25) is 0 Å². The van der Waals surface area contributed by atoms with E-state index in [9.17, 15) is 0 Å². The van der Waals surface area contributed by atoms with E-state index in [1.807, 2.05) is 12.1 Å². The van der Waals surface area contributed by atoms with Crippen molar-refractivity contribution in [2.24, 2.45) is 0 Å². The van der Waals surface area contributed by atoms with Gasteiger partial charge in [0.25, 0.3) is 0 Å². The molecule has 0 radical (unpaired) electrons. The zero-order valence-electron chi connectivity index (χ0n) is 10.1. The molecule has 0 atom stereocenters. The Morgan fingerprint density at radius 2 is 1.74 bits per heavy atom. The lowest BCUT2D eigenvalue weighted by Crippen LogP contribution is -1.99. The lowest BCUT2D eigenvalue weighted by atomic mass is 10.1. The number of rotatable bonds is 3. The normalized spacial score (nSPS) is 9.37. The summed E-state index contributed by atoms with van der Waals surface area (Å²) in [5.41, 5.74) is 8.19. The fourth-order valence-electron chi connectivity index (χ4n) is 1.64. The molecule has 0 aliphatic carbocycles. The van der Waals surface area contributed by atoms with Gasteiger partial charge in [-0.2, -0.15) is 10.5 Å². The van der Waals surface area contributed by atoms with E-state index in [1.165, 1.54) is 0 Å². The summed E-state index contributed by atoms with van der Waals surface area (Å²) < 4.78 is 5.58. The minimum absolute atomic E-state index is 0.325. The van der Waals surface area contributed by atoms with E-state index in [1.54, 1.807) is 36.4 Å². The Morgan fingerprint density at radius 3 is 2.42 bits per heavy atom. The summed E-state index contributed by atoms with van der Waals surface area (Å²) in [6.45, 7) is 0.325. The molecule has 4 heteroatoms. The highest BCUT2D eigenvalue weighted by atomic mass is 16.5. The van der Waals surface area contributed by atoms with Gasteiger partial charge in [-0.05, 0) is 35.9 Å². The van der Waals surface area contributed by atoms with Crippen molar-refractivity contribution in [2.45, 2.75) is 6.61 Å². The Morgan fingerprint density at radius 1 is 1.00 bits per heavy atom. The van der Waals surface area contributed by atoms with Crippen molar-refractivity contribution in [1.82, 2.24) is 0 Å². The molecule has 2 rings (SSSR count). The predicted molar refractivity (Wildman–Crippen MR) is 71.1 cm³/mol. The van der Waals surface area contributed by atoms with Crippen molar-refractivity contribution in [1.29, 1.82) is 10.5 Å². The summed E-state index contributed by atoms with van der Waals surface area (Å²) in [6.07, 6.45) is 0. The highest BCUT2D eigenvalue weighted by Crippen LogP contribution is 2.23. The number of hydrogen-bond acceptors (Lipinski definition) is 4. The van der Waals surface area contributed by atoms with Gasteiger partial charge in [-0.15, -0.1) is 0 Å². The van der Waals surface area contributed by atoms with E-state index >= 15 is 0 Å². The fourth-order valence-corrected chi connectivity index (χ4v) is 1.64. The van der Waals surface area contributed by atoms with Crippen LogP contribution < -0.4 is 10.5 Å². The maximum atomic E-state index is 8.81. The van der Waals surface area contributed by atoms with Gasteiger partial charge in [0.05, 0.1) is 29.0 Å². The molecular weight excluding hydrogens is 238 g/mol. The van der Waals surface area contributed by atoms with Crippen LogP contribution in [0.1, 0.15) is 16.7 Å². The van der Waals surface area contributed by atoms with Gasteiger partial charge < -0.3 is 10.5 Å². The fraction of sp³-hybridized carbons (Fsp3) is 0.0667. The Kier molecular flexibility index (Phi) is 3.66. The Balaban J connectivity index is 2.11. The molecular formula is C15H11N3O. The van der Waals surface area contributed by atoms with Crippen LogP contribution in [0.4, 0.5) is 5.69 Å². The summed E-state index contributed by atoms with van der Waals surface area (Å²) in [6, 6.07) is 16.2. The van der Waals surface area contributed by atoms with Crippen molar-refractivity contribution in [3.05, 3.63) is 59.2 Å². The van der Waals surface area contributed by atoms with E-state index < -0.39 is 0 Å². The summed E-state index contributed by atoms with van der Waals surface area (Å²) in [7, 11) is 0. The first-order valence-electron chi connectivity index (χ1n) is 5.64. The van der Waals surface area contributed by atoms with Crippen LogP contribution in [-0.2, 0) is 6.61 Å². The zero-order chi connectivity index (χ0) is 13.7. The Hall–Kier alpha value is -2.98. The topological polar surface area (TPSA) is 82.8 Å². The molecule has 0 fully saturated rings. The van der Waals surface area contributed by atoms with Crippen LogP contribution in [0.2, 0.25) is 0 Å². The first-order valence-corrected chi connectivity index (χ1v) is 5.64. The van der Waals surface area contributed by atoms with Crippen molar-refractivity contribution in [3.8, 4) is 17.9 Å². The quantitative estimate of drug-likeness (QED) is 0.847. The van der Waals surface area contributed by atoms with Gasteiger partial charge in [0.2, 0.25) is 0 Å². The highest BCUT2D eigenvalue weighted by Gasteiger charge is 2.03. The molecule has 92 valence electrons. The second-order valence-electron chi connectivity index (χ2n) is 3.97. The summed E-state index contributed by atoms with van der Waals surface area (Å²) in [5, 5.41) is 17.5. The zero-order valence-corrected chi connectivity index (χ0v) is 10.1. The number of benzene rings is 2. The van der Waals surface area contributed by atoms with E-state index in [0.717, 1.165) is 5.56 Å². The largest absolute Gasteiger partial charge is 0.487 e. The molecule has 0 saturated carbocycles. The van der Waals surface area contributed by atoms with Crippen molar-refractivity contribution >= 4 is 5.69 Å². The molecule has 0 spiro atoms.